The SMILES string of the molecule is Cc1nc2ccccc2c(N2CCN3C(=O)NC[C@@H]3C2)c1C. The van der Waals surface area contributed by atoms with Crippen molar-refractivity contribution in [3.8, 4) is 0 Å². The molecule has 22 heavy (non-hydrogen) atoms. The summed E-state index contributed by atoms with van der Waals surface area (Å²) < 4.78 is 0. The highest BCUT2D eigenvalue weighted by atomic mass is 16.2. The molecular weight excluding hydrogens is 276 g/mol. The number of fused-ring (bicyclic) bond motifs is 2. The van der Waals surface area contributed by atoms with E-state index in [1.807, 2.05) is 11.0 Å². The largest absolute Gasteiger partial charge is 0.367 e. The lowest BCUT2D eigenvalue weighted by Gasteiger charge is -2.39. The Hall–Kier alpha value is -2.30. The summed E-state index contributed by atoms with van der Waals surface area (Å²) in [6.45, 7) is 7.50. The Kier molecular flexibility index (Phi) is 2.96. The highest BCUT2D eigenvalue weighted by Crippen LogP contribution is 2.33. The standard InChI is InChI=1S/C17H20N4O/c1-11-12(2)19-15-6-4-3-5-14(15)16(11)20-7-8-21-13(10-20)9-18-17(21)22/h3-6,13H,7-10H2,1-2H3,(H,18,22)/t13-/m1/s1. The van der Waals surface area contributed by atoms with E-state index in [2.05, 4.69) is 42.3 Å². The maximum absolute atomic E-state index is 11.8. The molecule has 0 spiro atoms. The van der Waals surface area contributed by atoms with Crippen LogP contribution in [0.5, 0.6) is 0 Å². The third-order valence-corrected chi connectivity index (χ3v) is 4.89. The summed E-state index contributed by atoms with van der Waals surface area (Å²) in [5, 5.41) is 4.15. The zero-order valence-electron chi connectivity index (χ0n) is 13.0. The number of anilines is 1. The zero-order valence-corrected chi connectivity index (χ0v) is 13.0. The van der Waals surface area contributed by atoms with Gasteiger partial charge in [-0.25, -0.2) is 4.79 Å². The van der Waals surface area contributed by atoms with Gasteiger partial charge in [-0.05, 0) is 25.5 Å². The van der Waals surface area contributed by atoms with Crippen molar-refractivity contribution in [3.05, 3.63) is 35.5 Å². The first-order valence-electron chi connectivity index (χ1n) is 7.80. The Morgan fingerprint density at radius 3 is 2.91 bits per heavy atom. The van der Waals surface area contributed by atoms with Gasteiger partial charge in [0, 0.05) is 37.3 Å². The molecule has 1 aromatic carbocycles. The molecule has 0 radical (unpaired) electrons. The van der Waals surface area contributed by atoms with Crippen molar-refractivity contribution < 1.29 is 4.79 Å². The summed E-state index contributed by atoms with van der Waals surface area (Å²) in [5.41, 5.74) is 4.65. The van der Waals surface area contributed by atoms with Crippen molar-refractivity contribution >= 4 is 22.6 Å². The maximum Gasteiger partial charge on any atom is 0.317 e. The van der Waals surface area contributed by atoms with Crippen molar-refractivity contribution in [1.82, 2.24) is 15.2 Å². The van der Waals surface area contributed by atoms with Crippen LogP contribution >= 0.6 is 0 Å². The van der Waals surface area contributed by atoms with Gasteiger partial charge < -0.3 is 15.1 Å². The first-order chi connectivity index (χ1) is 10.6. The Labute approximate surface area is 129 Å². The Balaban J connectivity index is 1.78. The second kappa shape index (κ2) is 4.87. The predicted molar refractivity (Wildman–Crippen MR) is 87.3 cm³/mol. The van der Waals surface area contributed by atoms with Crippen LogP contribution in [0.1, 0.15) is 11.3 Å². The Morgan fingerprint density at radius 2 is 2.05 bits per heavy atom. The molecule has 0 saturated carbocycles. The molecule has 2 aliphatic heterocycles. The van der Waals surface area contributed by atoms with Crippen LogP contribution in [0.3, 0.4) is 0 Å². The molecule has 0 bridgehead atoms. The molecule has 114 valence electrons. The first kappa shape index (κ1) is 13.4. The number of carbonyl (C=O) groups is 1. The molecule has 1 N–H and O–H groups in total. The number of para-hydroxylation sites is 1. The van der Waals surface area contributed by atoms with E-state index in [0.717, 1.165) is 37.4 Å². The van der Waals surface area contributed by atoms with Crippen LogP contribution in [0.4, 0.5) is 10.5 Å². The minimum absolute atomic E-state index is 0.0807. The van der Waals surface area contributed by atoms with E-state index in [9.17, 15) is 4.79 Å². The number of nitrogens with zero attached hydrogens (tertiary/aromatic N) is 3. The number of urea groups is 1. The highest BCUT2D eigenvalue weighted by molar-refractivity contribution is 5.94. The van der Waals surface area contributed by atoms with Gasteiger partial charge in [0.15, 0.2) is 0 Å². The van der Waals surface area contributed by atoms with Crippen molar-refractivity contribution in [2.75, 3.05) is 31.1 Å². The number of nitrogens with one attached hydrogen (secondary N) is 1. The second-order valence-electron chi connectivity index (χ2n) is 6.17. The summed E-state index contributed by atoms with van der Waals surface area (Å²) in [6, 6.07) is 8.67. The van der Waals surface area contributed by atoms with Crippen molar-refractivity contribution in [2.45, 2.75) is 19.9 Å². The fourth-order valence-corrected chi connectivity index (χ4v) is 3.62. The maximum atomic E-state index is 11.8. The molecule has 2 amide bonds. The van der Waals surface area contributed by atoms with Gasteiger partial charge in [-0.15, -0.1) is 0 Å². The number of carbonyl (C=O) groups excluding carboxylic acids is 1. The normalized spacial score (nSPS) is 21.2. The topological polar surface area (TPSA) is 48.5 Å². The van der Waals surface area contributed by atoms with Gasteiger partial charge in [0.25, 0.3) is 0 Å². The first-order valence-corrected chi connectivity index (χ1v) is 7.80. The highest BCUT2D eigenvalue weighted by Gasteiger charge is 2.36. The summed E-state index contributed by atoms with van der Waals surface area (Å²) >= 11 is 0. The summed E-state index contributed by atoms with van der Waals surface area (Å²) in [5.74, 6) is 0. The molecule has 5 nitrogen and oxygen atoms in total. The van der Waals surface area contributed by atoms with E-state index in [1.54, 1.807) is 0 Å². The Morgan fingerprint density at radius 1 is 1.23 bits per heavy atom. The number of rotatable bonds is 1. The van der Waals surface area contributed by atoms with Crippen molar-refractivity contribution in [3.63, 3.8) is 0 Å². The molecule has 1 aromatic heterocycles. The lowest BCUT2D eigenvalue weighted by molar-refractivity contribution is 0.198. The number of amides is 2. The van der Waals surface area contributed by atoms with Gasteiger partial charge in [-0.1, -0.05) is 18.2 Å². The summed E-state index contributed by atoms with van der Waals surface area (Å²) in [6.07, 6.45) is 0. The molecule has 2 saturated heterocycles. The number of piperazine rings is 1. The molecule has 4 rings (SSSR count). The van der Waals surface area contributed by atoms with Crippen LogP contribution in [0.15, 0.2) is 24.3 Å². The van der Waals surface area contributed by atoms with E-state index in [1.165, 1.54) is 16.6 Å². The number of pyridine rings is 1. The zero-order chi connectivity index (χ0) is 15.3. The third kappa shape index (κ3) is 1.92. The molecule has 1 atom stereocenters. The summed E-state index contributed by atoms with van der Waals surface area (Å²) in [4.78, 5) is 20.9. The van der Waals surface area contributed by atoms with Crippen LogP contribution < -0.4 is 10.2 Å². The number of aryl methyl sites for hydroxylation is 1. The molecule has 3 heterocycles. The van der Waals surface area contributed by atoms with Crippen LogP contribution in [0.25, 0.3) is 10.9 Å². The molecule has 0 aliphatic carbocycles. The van der Waals surface area contributed by atoms with Gasteiger partial charge in [-0.2, -0.15) is 0 Å². The summed E-state index contributed by atoms with van der Waals surface area (Å²) in [7, 11) is 0. The smallest absolute Gasteiger partial charge is 0.317 e. The lowest BCUT2D eigenvalue weighted by Crippen LogP contribution is -2.52. The molecule has 2 aliphatic rings. The van der Waals surface area contributed by atoms with E-state index >= 15 is 0 Å². The molecule has 0 unspecified atom stereocenters. The fourth-order valence-electron chi connectivity index (χ4n) is 3.62. The van der Waals surface area contributed by atoms with E-state index in [4.69, 9.17) is 4.98 Å². The number of aromatic nitrogens is 1. The van der Waals surface area contributed by atoms with Gasteiger partial charge in [0.1, 0.15) is 0 Å². The number of benzene rings is 1. The fraction of sp³-hybridized carbons (Fsp3) is 0.412. The average Bonchev–Trinajstić information content (AvgIpc) is 2.89. The van der Waals surface area contributed by atoms with Crippen LogP contribution in [0.2, 0.25) is 0 Å². The minimum Gasteiger partial charge on any atom is -0.367 e. The second-order valence-corrected chi connectivity index (χ2v) is 6.17. The molecule has 2 aromatic rings. The van der Waals surface area contributed by atoms with E-state index < -0.39 is 0 Å². The third-order valence-electron chi connectivity index (χ3n) is 4.89. The monoisotopic (exact) mass is 296 g/mol. The van der Waals surface area contributed by atoms with Gasteiger partial charge >= 0.3 is 6.03 Å². The van der Waals surface area contributed by atoms with Crippen molar-refractivity contribution in [1.29, 1.82) is 0 Å². The number of hydrogen-bond acceptors (Lipinski definition) is 3. The molecule has 5 heteroatoms. The average molecular weight is 296 g/mol. The van der Waals surface area contributed by atoms with Crippen LogP contribution in [0, 0.1) is 13.8 Å². The van der Waals surface area contributed by atoms with Gasteiger partial charge in [0.05, 0.1) is 17.2 Å². The van der Waals surface area contributed by atoms with Crippen LogP contribution in [-0.4, -0.2) is 48.1 Å². The number of hydrogen-bond donors (Lipinski definition) is 1. The molecule has 2 fully saturated rings. The van der Waals surface area contributed by atoms with E-state index in [-0.39, 0.29) is 12.1 Å². The lowest BCUT2D eigenvalue weighted by atomic mass is 10.0. The van der Waals surface area contributed by atoms with Gasteiger partial charge in [0.2, 0.25) is 0 Å². The van der Waals surface area contributed by atoms with Crippen molar-refractivity contribution in [2.24, 2.45) is 0 Å². The minimum atomic E-state index is 0.0807. The van der Waals surface area contributed by atoms with E-state index in [0.29, 0.717) is 0 Å². The Bertz CT molecular complexity index is 758. The van der Waals surface area contributed by atoms with Gasteiger partial charge in [-0.3, -0.25) is 4.98 Å². The van der Waals surface area contributed by atoms with Crippen LogP contribution in [-0.2, 0) is 0 Å². The predicted octanol–water partition coefficient (Wildman–Crippen LogP) is 2.07. The molecular formula is C17H20N4O. The quantitative estimate of drug-likeness (QED) is 0.876.